The van der Waals surface area contributed by atoms with Crippen molar-refractivity contribution in [3.8, 4) is 0 Å². The van der Waals surface area contributed by atoms with Gasteiger partial charge in [0.05, 0.1) is 0 Å². The molecule has 2 aliphatic rings. The molecule has 0 aromatic heterocycles. The van der Waals surface area contributed by atoms with Crippen molar-refractivity contribution in [2.24, 2.45) is 4.99 Å². The van der Waals surface area contributed by atoms with E-state index in [1.54, 1.807) is 0 Å². The number of halogens is 1. The normalized spacial score (nSPS) is 17.6. The van der Waals surface area contributed by atoms with Gasteiger partial charge in [0.15, 0.2) is 5.96 Å². The molecule has 1 fully saturated rings. The van der Waals surface area contributed by atoms with Crippen LogP contribution >= 0.6 is 24.0 Å². The van der Waals surface area contributed by atoms with E-state index in [0.717, 1.165) is 57.9 Å². The highest BCUT2D eigenvalue weighted by Gasteiger charge is 2.20. The third kappa shape index (κ3) is 5.33. The number of carbonyl (C=O) groups is 1. The third-order valence-electron chi connectivity index (χ3n) is 4.84. The highest BCUT2D eigenvalue weighted by molar-refractivity contribution is 14.0. The molecule has 6 heteroatoms. The van der Waals surface area contributed by atoms with Crippen molar-refractivity contribution in [2.75, 3.05) is 32.7 Å². The monoisotopic (exact) mass is 456 g/mol. The number of aliphatic imine (C=N–C) groups is 1. The molecule has 138 valence electrons. The SMILES string of the molecule is CCNC(=NCC(=O)N1CCCCC1)N1CCc2ccccc2C1.I. The highest BCUT2D eigenvalue weighted by Crippen LogP contribution is 2.18. The van der Waals surface area contributed by atoms with Crippen molar-refractivity contribution in [2.45, 2.75) is 39.2 Å². The van der Waals surface area contributed by atoms with E-state index in [1.165, 1.54) is 17.5 Å². The summed E-state index contributed by atoms with van der Waals surface area (Å²) in [7, 11) is 0. The van der Waals surface area contributed by atoms with Gasteiger partial charge in [0.2, 0.25) is 5.91 Å². The molecule has 0 saturated carbocycles. The van der Waals surface area contributed by atoms with E-state index in [0.29, 0.717) is 0 Å². The van der Waals surface area contributed by atoms with Crippen molar-refractivity contribution in [1.29, 1.82) is 0 Å². The maximum Gasteiger partial charge on any atom is 0.244 e. The van der Waals surface area contributed by atoms with Crippen molar-refractivity contribution in [3.63, 3.8) is 0 Å². The standard InChI is InChI=1S/C19H28N4O.HI/c1-2-20-19(21-14-18(24)22-11-6-3-7-12-22)23-13-10-16-8-4-5-9-17(16)15-23;/h4-5,8-9H,2-3,6-7,10-15H2,1H3,(H,20,21);1H. The minimum absolute atomic E-state index is 0. The van der Waals surface area contributed by atoms with E-state index in [-0.39, 0.29) is 36.4 Å². The van der Waals surface area contributed by atoms with Crippen LogP contribution in [0.15, 0.2) is 29.3 Å². The number of likely N-dealkylation sites (tertiary alicyclic amines) is 1. The number of nitrogens with zero attached hydrogens (tertiary/aromatic N) is 3. The lowest BCUT2D eigenvalue weighted by Gasteiger charge is -2.32. The molecule has 1 amide bonds. The second-order valence-corrected chi connectivity index (χ2v) is 6.55. The lowest BCUT2D eigenvalue weighted by atomic mass is 10.0. The van der Waals surface area contributed by atoms with Gasteiger partial charge in [-0.15, -0.1) is 24.0 Å². The van der Waals surface area contributed by atoms with Gasteiger partial charge in [-0.2, -0.15) is 0 Å². The van der Waals surface area contributed by atoms with Crippen molar-refractivity contribution >= 4 is 35.8 Å². The van der Waals surface area contributed by atoms with Crippen molar-refractivity contribution in [1.82, 2.24) is 15.1 Å². The number of carbonyl (C=O) groups excluding carboxylic acids is 1. The Bertz CT molecular complexity index is 599. The first kappa shape index (κ1) is 20.0. The van der Waals surface area contributed by atoms with Crippen LogP contribution in [0.1, 0.15) is 37.3 Å². The van der Waals surface area contributed by atoms with Gasteiger partial charge < -0.3 is 15.1 Å². The van der Waals surface area contributed by atoms with E-state index < -0.39 is 0 Å². The molecule has 1 aromatic rings. The number of benzene rings is 1. The summed E-state index contributed by atoms with van der Waals surface area (Å²) < 4.78 is 0. The van der Waals surface area contributed by atoms with Crippen LogP contribution in [0.5, 0.6) is 0 Å². The number of hydrogen-bond acceptors (Lipinski definition) is 2. The van der Waals surface area contributed by atoms with Crippen LogP contribution in [-0.2, 0) is 17.8 Å². The molecule has 0 unspecified atom stereocenters. The first-order chi connectivity index (χ1) is 11.8. The molecule has 0 spiro atoms. The number of piperidine rings is 1. The Kier molecular flexibility index (Phi) is 7.99. The summed E-state index contributed by atoms with van der Waals surface area (Å²) in [5.41, 5.74) is 2.78. The van der Waals surface area contributed by atoms with E-state index in [2.05, 4.69) is 46.4 Å². The predicted molar refractivity (Wildman–Crippen MR) is 112 cm³/mol. The van der Waals surface area contributed by atoms with Gasteiger partial charge in [-0.1, -0.05) is 24.3 Å². The van der Waals surface area contributed by atoms with Crippen LogP contribution in [0.3, 0.4) is 0 Å². The van der Waals surface area contributed by atoms with Crippen LogP contribution in [0.2, 0.25) is 0 Å². The van der Waals surface area contributed by atoms with Crippen LogP contribution in [0.4, 0.5) is 0 Å². The van der Waals surface area contributed by atoms with Gasteiger partial charge in [-0.3, -0.25) is 4.79 Å². The number of amides is 1. The zero-order chi connectivity index (χ0) is 16.8. The zero-order valence-electron chi connectivity index (χ0n) is 15.0. The molecule has 0 bridgehead atoms. The van der Waals surface area contributed by atoms with Crippen LogP contribution in [0.25, 0.3) is 0 Å². The van der Waals surface area contributed by atoms with Gasteiger partial charge in [0.1, 0.15) is 6.54 Å². The lowest BCUT2D eigenvalue weighted by molar-refractivity contribution is -0.130. The minimum atomic E-state index is 0. The lowest BCUT2D eigenvalue weighted by Crippen LogP contribution is -2.45. The number of guanidine groups is 1. The fourth-order valence-corrected chi connectivity index (χ4v) is 3.49. The second-order valence-electron chi connectivity index (χ2n) is 6.55. The van der Waals surface area contributed by atoms with Gasteiger partial charge >= 0.3 is 0 Å². The van der Waals surface area contributed by atoms with E-state index in [4.69, 9.17) is 0 Å². The zero-order valence-corrected chi connectivity index (χ0v) is 17.4. The molecule has 25 heavy (non-hydrogen) atoms. The van der Waals surface area contributed by atoms with Gasteiger partial charge in [0.25, 0.3) is 0 Å². The molecular formula is C19H29IN4O. The Hall–Kier alpha value is -1.31. The quantitative estimate of drug-likeness (QED) is 0.432. The molecule has 0 radical (unpaired) electrons. The molecule has 0 aliphatic carbocycles. The maximum absolute atomic E-state index is 12.4. The van der Waals surface area contributed by atoms with Gasteiger partial charge in [-0.05, 0) is 43.7 Å². The van der Waals surface area contributed by atoms with Crippen molar-refractivity contribution in [3.05, 3.63) is 35.4 Å². The minimum Gasteiger partial charge on any atom is -0.356 e. The predicted octanol–water partition coefficient (Wildman–Crippen LogP) is 2.64. The maximum atomic E-state index is 12.4. The Morgan fingerprint density at radius 1 is 1.08 bits per heavy atom. The Morgan fingerprint density at radius 3 is 2.52 bits per heavy atom. The molecule has 2 aliphatic heterocycles. The summed E-state index contributed by atoms with van der Waals surface area (Å²) in [6.45, 7) is 6.72. The van der Waals surface area contributed by atoms with Gasteiger partial charge in [0, 0.05) is 32.7 Å². The summed E-state index contributed by atoms with van der Waals surface area (Å²) in [4.78, 5) is 21.2. The largest absolute Gasteiger partial charge is 0.356 e. The molecule has 3 rings (SSSR count). The Balaban J connectivity index is 0.00000225. The summed E-state index contributed by atoms with van der Waals surface area (Å²) in [5, 5.41) is 3.35. The molecule has 1 aromatic carbocycles. The highest BCUT2D eigenvalue weighted by atomic mass is 127. The molecule has 1 saturated heterocycles. The number of fused-ring (bicyclic) bond motifs is 1. The average molecular weight is 456 g/mol. The Labute approximate surface area is 167 Å². The average Bonchev–Trinajstić information content (AvgIpc) is 2.65. The molecule has 5 nitrogen and oxygen atoms in total. The first-order valence-electron chi connectivity index (χ1n) is 9.15. The fourth-order valence-electron chi connectivity index (χ4n) is 3.49. The molecule has 2 heterocycles. The van der Waals surface area contributed by atoms with Crippen molar-refractivity contribution < 1.29 is 4.79 Å². The third-order valence-corrected chi connectivity index (χ3v) is 4.84. The smallest absolute Gasteiger partial charge is 0.244 e. The number of nitrogens with one attached hydrogen (secondary N) is 1. The van der Waals surface area contributed by atoms with Gasteiger partial charge in [-0.25, -0.2) is 4.99 Å². The van der Waals surface area contributed by atoms with Crippen LogP contribution < -0.4 is 5.32 Å². The van der Waals surface area contributed by atoms with E-state index >= 15 is 0 Å². The molecule has 0 atom stereocenters. The number of hydrogen-bond donors (Lipinski definition) is 1. The summed E-state index contributed by atoms with van der Waals surface area (Å²) in [6, 6.07) is 8.58. The van der Waals surface area contributed by atoms with E-state index in [9.17, 15) is 4.79 Å². The summed E-state index contributed by atoms with van der Waals surface area (Å²) in [5.74, 6) is 1.01. The van der Waals surface area contributed by atoms with Crippen LogP contribution in [-0.4, -0.2) is 54.4 Å². The molecular weight excluding hydrogens is 427 g/mol. The summed E-state index contributed by atoms with van der Waals surface area (Å²) in [6.07, 6.45) is 4.51. The summed E-state index contributed by atoms with van der Waals surface area (Å²) >= 11 is 0. The topological polar surface area (TPSA) is 47.9 Å². The Morgan fingerprint density at radius 2 is 1.80 bits per heavy atom. The van der Waals surface area contributed by atoms with Crippen LogP contribution in [0, 0.1) is 0 Å². The number of rotatable bonds is 3. The fraction of sp³-hybridized carbons (Fsp3) is 0.579. The molecule has 1 N–H and O–H groups in total. The second kappa shape index (κ2) is 9.99. The van der Waals surface area contributed by atoms with E-state index in [1.807, 2.05) is 4.90 Å². The first-order valence-corrected chi connectivity index (χ1v) is 9.15.